The van der Waals surface area contributed by atoms with Crippen molar-refractivity contribution in [2.45, 2.75) is 39.4 Å². The molecule has 2 heterocycles. The van der Waals surface area contributed by atoms with Crippen molar-refractivity contribution < 1.29 is 14.6 Å². The smallest absolute Gasteiger partial charge is 0.337 e. The van der Waals surface area contributed by atoms with Crippen molar-refractivity contribution in [2.75, 3.05) is 0 Å². The molecule has 0 fully saturated rings. The molecular weight excluding hydrogens is 482 g/mol. The molecule has 8 heteroatoms. The van der Waals surface area contributed by atoms with Gasteiger partial charge in [-0.3, -0.25) is 5.10 Å². The van der Waals surface area contributed by atoms with Gasteiger partial charge in [-0.25, -0.2) is 9.78 Å². The van der Waals surface area contributed by atoms with E-state index < -0.39 is 17.7 Å². The summed E-state index contributed by atoms with van der Waals surface area (Å²) in [5.41, 5.74) is 5.19. The number of nitrogens with zero attached hydrogens (tertiary/aromatic N) is 2. The number of H-pyrrole nitrogens is 1. The summed E-state index contributed by atoms with van der Waals surface area (Å²) in [7, 11) is 0. The van der Waals surface area contributed by atoms with Crippen molar-refractivity contribution >= 4 is 50.0 Å². The van der Waals surface area contributed by atoms with Crippen LogP contribution in [-0.2, 0) is 9.53 Å². The van der Waals surface area contributed by atoms with Gasteiger partial charge in [0.25, 0.3) is 0 Å². The minimum atomic E-state index is -1.14. The van der Waals surface area contributed by atoms with Crippen LogP contribution in [0.3, 0.4) is 0 Å². The second kappa shape index (κ2) is 8.75. The molecule has 0 spiro atoms. The maximum absolute atomic E-state index is 12.5. The van der Waals surface area contributed by atoms with Gasteiger partial charge in [-0.15, -0.1) is 11.3 Å². The first-order chi connectivity index (χ1) is 16.6. The number of halogens is 1. The van der Waals surface area contributed by atoms with Crippen LogP contribution in [0.2, 0.25) is 5.02 Å². The number of fused-ring (bicyclic) bond motifs is 2. The normalized spacial score (nSPS) is 12.9. The number of aromatic amines is 1. The van der Waals surface area contributed by atoms with Crippen LogP contribution in [0.15, 0.2) is 54.7 Å². The number of ether oxygens (including phenoxy) is 1. The van der Waals surface area contributed by atoms with E-state index in [9.17, 15) is 9.90 Å². The van der Waals surface area contributed by atoms with Crippen LogP contribution in [0.4, 0.5) is 0 Å². The van der Waals surface area contributed by atoms with E-state index in [4.69, 9.17) is 21.3 Å². The lowest BCUT2D eigenvalue weighted by Gasteiger charge is -2.28. The summed E-state index contributed by atoms with van der Waals surface area (Å²) in [4.78, 5) is 17.4. The molecule has 6 nitrogen and oxygen atoms in total. The van der Waals surface area contributed by atoms with E-state index in [0.717, 1.165) is 48.4 Å². The Labute approximate surface area is 211 Å². The Morgan fingerprint density at radius 1 is 1.11 bits per heavy atom. The number of hydrogen-bond acceptors (Lipinski definition) is 5. The third-order valence-electron chi connectivity index (χ3n) is 5.71. The number of aliphatic carboxylic acids is 1. The predicted octanol–water partition coefficient (Wildman–Crippen LogP) is 7.41. The molecule has 5 rings (SSSR count). The maximum Gasteiger partial charge on any atom is 0.337 e. The summed E-state index contributed by atoms with van der Waals surface area (Å²) in [6.45, 7) is 7.48. The molecule has 1 unspecified atom stereocenters. The van der Waals surface area contributed by atoms with Crippen molar-refractivity contribution in [3.05, 3.63) is 70.9 Å². The number of rotatable bonds is 5. The summed E-state index contributed by atoms with van der Waals surface area (Å²) in [6.07, 6.45) is 0.646. The number of hydrogen-bond donors (Lipinski definition) is 2. The maximum atomic E-state index is 12.5. The highest BCUT2D eigenvalue weighted by Crippen LogP contribution is 2.44. The molecule has 2 N–H and O–H groups in total. The first-order valence-corrected chi connectivity index (χ1v) is 12.3. The standard InChI is InChI=1S/C27H24ClN3O3S/c1-14-11-20-24(35-25(30-20)16-7-10-19-17(12-16)13-29-31-19)22(15-5-8-18(28)9-6-15)21(14)23(26(32)33)34-27(2,3)4/h5-13,23H,1-4H3,(H,29,31)(H,32,33). The Hall–Kier alpha value is -3.26. The molecule has 2 aromatic heterocycles. The van der Waals surface area contributed by atoms with E-state index in [2.05, 4.69) is 16.3 Å². The van der Waals surface area contributed by atoms with E-state index in [1.165, 1.54) is 11.3 Å². The van der Waals surface area contributed by atoms with Crippen LogP contribution >= 0.6 is 22.9 Å². The fraction of sp³-hybridized carbons (Fsp3) is 0.222. The number of thiazole rings is 1. The Bertz CT molecular complexity index is 1560. The molecule has 1 atom stereocenters. The topological polar surface area (TPSA) is 88.1 Å². The summed E-state index contributed by atoms with van der Waals surface area (Å²) in [5, 5.41) is 19.7. The van der Waals surface area contributed by atoms with Gasteiger partial charge in [-0.1, -0.05) is 23.7 Å². The van der Waals surface area contributed by atoms with Crippen LogP contribution in [0.25, 0.3) is 42.8 Å². The molecule has 0 aliphatic heterocycles. The van der Waals surface area contributed by atoms with Crippen molar-refractivity contribution in [2.24, 2.45) is 0 Å². The lowest BCUT2D eigenvalue weighted by atomic mass is 9.91. The first kappa shape index (κ1) is 23.5. The fourth-order valence-electron chi connectivity index (χ4n) is 4.24. The molecule has 0 bridgehead atoms. The molecule has 5 aromatic rings. The molecule has 178 valence electrons. The fourth-order valence-corrected chi connectivity index (χ4v) is 5.48. The van der Waals surface area contributed by atoms with Crippen LogP contribution in [-0.4, -0.2) is 31.9 Å². The zero-order valence-electron chi connectivity index (χ0n) is 19.7. The van der Waals surface area contributed by atoms with Gasteiger partial charge in [0, 0.05) is 27.1 Å². The summed E-state index contributed by atoms with van der Waals surface area (Å²) in [5.74, 6) is -1.03. The van der Waals surface area contributed by atoms with Gasteiger partial charge >= 0.3 is 5.97 Å². The number of benzene rings is 3. The minimum Gasteiger partial charge on any atom is -0.479 e. The number of carboxylic acids is 1. The van der Waals surface area contributed by atoms with Crippen molar-refractivity contribution in [3.8, 4) is 21.7 Å². The van der Waals surface area contributed by atoms with Crippen LogP contribution < -0.4 is 0 Å². The third-order valence-corrected chi connectivity index (χ3v) is 7.10. The molecule has 3 aromatic carbocycles. The van der Waals surface area contributed by atoms with Gasteiger partial charge in [-0.05, 0) is 75.2 Å². The highest BCUT2D eigenvalue weighted by molar-refractivity contribution is 7.22. The number of aromatic nitrogens is 3. The van der Waals surface area contributed by atoms with Gasteiger partial charge in [0.2, 0.25) is 0 Å². The number of nitrogens with one attached hydrogen (secondary N) is 1. The molecule has 0 radical (unpaired) electrons. The highest BCUT2D eigenvalue weighted by atomic mass is 35.5. The molecule has 35 heavy (non-hydrogen) atoms. The minimum absolute atomic E-state index is 0.610. The van der Waals surface area contributed by atoms with Crippen LogP contribution in [0.1, 0.15) is 38.0 Å². The van der Waals surface area contributed by atoms with E-state index in [1.54, 1.807) is 6.20 Å². The third kappa shape index (κ3) is 4.55. The average Bonchev–Trinajstić information content (AvgIpc) is 3.43. The van der Waals surface area contributed by atoms with E-state index in [1.807, 2.05) is 70.2 Å². The molecule has 0 aliphatic rings. The second-order valence-electron chi connectivity index (χ2n) is 9.48. The average molecular weight is 506 g/mol. The van der Waals surface area contributed by atoms with Gasteiger partial charge in [-0.2, -0.15) is 5.10 Å². The molecule has 0 aliphatic carbocycles. The van der Waals surface area contributed by atoms with E-state index in [-0.39, 0.29) is 0 Å². The van der Waals surface area contributed by atoms with Gasteiger partial charge in [0.05, 0.1) is 27.5 Å². The second-order valence-corrected chi connectivity index (χ2v) is 10.9. The largest absolute Gasteiger partial charge is 0.479 e. The van der Waals surface area contributed by atoms with Crippen molar-refractivity contribution in [3.63, 3.8) is 0 Å². The summed E-state index contributed by atoms with van der Waals surface area (Å²) < 4.78 is 6.98. The van der Waals surface area contributed by atoms with E-state index in [0.29, 0.717) is 10.6 Å². The molecule has 0 saturated heterocycles. The van der Waals surface area contributed by atoms with Gasteiger partial charge in [0.15, 0.2) is 6.10 Å². The first-order valence-electron chi connectivity index (χ1n) is 11.1. The zero-order valence-corrected chi connectivity index (χ0v) is 21.3. The Balaban J connectivity index is 1.78. The number of aryl methyl sites for hydroxylation is 1. The summed E-state index contributed by atoms with van der Waals surface area (Å²) in [6, 6.07) is 15.4. The van der Waals surface area contributed by atoms with Gasteiger partial charge in [0.1, 0.15) is 5.01 Å². The van der Waals surface area contributed by atoms with Gasteiger partial charge < -0.3 is 9.84 Å². The number of carboxylic acid groups (broad SMARTS) is 1. The highest BCUT2D eigenvalue weighted by Gasteiger charge is 2.32. The van der Waals surface area contributed by atoms with E-state index >= 15 is 0 Å². The monoisotopic (exact) mass is 505 g/mol. The Morgan fingerprint density at radius 3 is 2.51 bits per heavy atom. The molecule has 0 amide bonds. The molecular formula is C27H24ClN3O3S. The van der Waals surface area contributed by atoms with Crippen molar-refractivity contribution in [1.29, 1.82) is 0 Å². The quantitative estimate of drug-likeness (QED) is 0.259. The number of carbonyl (C=O) groups is 1. The Morgan fingerprint density at radius 2 is 1.83 bits per heavy atom. The molecule has 0 saturated carbocycles. The van der Waals surface area contributed by atoms with Crippen molar-refractivity contribution in [1.82, 2.24) is 15.2 Å². The lowest BCUT2D eigenvalue weighted by molar-refractivity contribution is -0.160. The predicted molar refractivity (Wildman–Crippen MR) is 141 cm³/mol. The summed E-state index contributed by atoms with van der Waals surface area (Å²) >= 11 is 7.71. The van der Waals surface area contributed by atoms with Crippen LogP contribution in [0, 0.1) is 6.92 Å². The van der Waals surface area contributed by atoms with Crippen LogP contribution in [0.5, 0.6) is 0 Å². The Kier molecular flexibility index (Phi) is 5.87. The SMILES string of the molecule is Cc1cc2nc(-c3ccc4[nH]ncc4c3)sc2c(-c2ccc(Cl)cc2)c1C(OC(C)(C)C)C(=O)O. The lowest BCUT2D eigenvalue weighted by Crippen LogP contribution is -2.28. The zero-order chi connectivity index (χ0) is 24.9.